The van der Waals surface area contributed by atoms with Crippen LogP contribution in [0, 0.1) is 6.57 Å². The van der Waals surface area contributed by atoms with Crippen molar-refractivity contribution >= 4 is 11.6 Å². The van der Waals surface area contributed by atoms with Crippen LogP contribution in [0.3, 0.4) is 0 Å². The van der Waals surface area contributed by atoms with Gasteiger partial charge in [-0.25, -0.2) is 4.98 Å². The average molecular weight is 186 g/mol. The Kier molecular flexibility index (Phi) is 2.54. The third-order valence-electron chi connectivity index (χ3n) is 1.05. The smallest absolute Gasteiger partial charge is 0.387 e. The molecule has 1 heterocycles. The van der Waals surface area contributed by atoms with Crippen molar-refractivity contribution < 1.29 is 13.5 Å². The van der Waals surface area contributed by atoms with Crippen LogP contribution in [0.15, 0.2) is 6.20 Å². The molecule has 0 spiro atoms. The van der Waals surface area contributed by atoms with E-state index in [0.717, 1.165) is 6.20 Å². The van der Waals surface area contributed by atoms with Gasteiger partial charge in [0.2, 0.25) is 11.7 Å². The summed E-state index contributed by atoms with van der Waals surface area (Å²) in [4.78, 5) is 9.66. The van der Waals surface area contributed by atoms with Gasteiger partial charge in [0, 0.05) is 0 Å². The second-order valence-corrected chi connectivity index (χ2v) is 1.91. The number of nitrogens with two attached hydrogens (primary N) is 1. The first-order valence-electron chi connectivity index (χ1n) is 3.08. The van der Waals surface area contributed by atoms with Crippen molar-refractivity contribution in [2.75, 3.05) is 5.73 Å². The lowest BCUT2D eigenvalue weighted by atomic mass is 10.6. The number of nitrogens with zero attached hydrogens (tertiary/aromatic N) is 3. The van der Waals surface area contributed by atoms with Crippen LogP contribution in [0.5, 0.6) is 5.88 Å². The molecule has 0 radical (unpaired) electrons. The lowest BCUT2D eigenvalue weighted by molar-refractivity contribution is -0.0524. The molecule has 0 aromatic carbocycles. The van der Waals surface area contributed by atoms with E-state index in [0.29, 0.717) is 0 Å². The van der Waals surface area contributed by atoms with Gasteiger partial charge in [-0.05, 0) is 0 Å². The number of hydrogen-bond donors (Lipinski definition) is 1. The number of aromatic nitrogens is 2. The number of anilines is 1. The molecule has 1 rings (SSSR count). The van der Waals surface area contributed by atoms with Crippen LogP contribution in [-0.2, 0) is 0 Å². The van der Waals surface area contributed by atoms with E-state index in [1.165, 1.54) is 0 Å². The van der Waals surface area contributed by atoms with Crippen LogP contribution in [0.4, 0.5) is 20.4 Å². The first-order chi connectivity index (χ1) is 6.13. The Balaban J connectivity index is 3.01. The molecule has 0 saturated heterocycles. The second kappa shape index (κ2) is 3.62. The molecule has 68 valence electrons. The molecule has 0 aliphatic rings. The van der Waals surface area contributed by atoms with Gasteiger partial charge in [0.15, 0.2) is 0 Å². The summed E-state index contributed by atoms with van der Waals surface area (Å²) in [5, 5.41) is 0. The van der Waals surface area contributed by atoms with E-state index < -0.39 is 12.5 Å². The lowest BCUT2D eigenvalue weighted by Crippen LogP contribution is -2.05. The number of ether oxygens (including phenoxy) is 1. The molecule has 0 fully saturated rings. The molecule has 0 aliphatic carbocycles. The van der Waals surface area contributed by atoms with Gasteiger partial charge in [0.25, 0.3) is 0 Å². The zero-order valence-electron chi connectivity index (χ0n) is 6.24. The number of nitrogen functional groups attached to an aromatic ring is 1. The van der Waals surface area contributed by atoms with Gasteiger partial charge in [0.05, 0.1) is 6.20 Å². The molecule has 2 N–H and O–H groups in total. The molecule has 1 aromatic rings. The van der Waals surface area contributed by atoms with Crippen molar-refractivity contribution in [1.82, 2.24) is 9.97 Å². The highest BCUT2D eigenvalue weighted by Gasteiger charge is 2.13. The number of alkyl halides is 2. The Morgan fingerprint density at radius 1 is 1.62 bits per heavy atom. The molecule has 7 heteroatoms. The third-order valence-corrected chi connectivity index (χ3v) is 1.05. The summed E-state index contributed by atoms with van der Waals surface area (Å²) < 4.78 is 27.3. The standard InChI is InChI=1S/C6H4F2N4O/c1-10-4-5(13-6(7)8)11-2-3(9)12-4/h2,6H,(H2,9,12). The van der Waals surface area contributed by atoms with Crippen LogP contribution in [-0.4, -0.2) is 16.6 Å². The highest BCUT2D eigenvalue weighted by molar-refractivity contribution is 5.50. The first-order valence-corrected chi connectivity index (χ1v) is 3.08. The minimum Gasteiger partial charge on any atom is -0.424 e. The molecular formula is C6H4F2N4O. The molecule has 5 nitrogen and oxygen atoms in total. The monoisotopic (exact) mass is 186 g/mol. The van der Waals surface area contributed by atoms with E-state index in [1.807, 2.05) is 0 Å². The summed E-state index contributed by atoms with van der Waals surface area (Å²) in [6.07, 6.45) is 1.03. The zero-order chi connectivity index (χ0) is 9.84. The molecule has 1 aromatic heterocycles. The van der Waals surface area contributed by atoms with Crippen molar-refractivity contribution in [1.29, 1.82) is 0 Å². The van der Waals surface area contributed by atoms with Crippen molar-refractivity contribution in [2.24, 2.45) is 0 Å². The Morgan fingerprint density at radius 3 is 2.85 bits per heavy atom. The van der Waals surface area contributed by atoms with E-state index in [4.69, 9.17) is 12.3 Å². The van der Waals surface area contributed by atoms with Crippen molar-refractivity contribution in [3.63, 3.8) is 0 Å². The predicted octanol–water partition coefficient (Wildman–Crippen LogP) is 1.21. The third kappa shape index (κ3) is 2.23. The van der Waals surface area contributed by atoms with E-state index in [2.05, 4.69) is 19.5 Å². The maximum absolute atomic E-state index is 11.7. The van der Waals surface area contributed by atoms with Gasteiger partial charge in [-0.15, -0.1) is 0 Å². The zero-order valence-corrected chi connectivity index (χ0v) is 6.24. The molecule has 0 amide bonds. The number of hydrogen-bond acceptors (Lipinski definition) is 4. The minimum atomic E-state index is -3.03. The molecule has 13 heavy (non-hydrogen) atoms. The molecule has 0 aliphatic heterocycles. The fraction of sp³-hybridized carbons (Fsp3) is 0.167. The highest BCUT2D eigenvalue weighted by Crippen LogP contribution is 2.24. The molecule has 0 saturated carbocycles. The van der Waals surface area contributed by atoms with E-state index in [-0.39, 0.29) is 11.6 Å². The SMILES string of the molecule is [C-]#[N+]c1nc(N)cnc1OC(F)F. The van der Waals surface area contributed by atoms with E-state index in [9.17, 15) is 8.78 Å². The Hall–Kier alpha value is -1.97. The van der Waals surface area contributed by atoms with Crippen LogP contribution < -0.4 is 10.5 Å². The fourth-order valence-corrected chi connectivity index (χ4v) is 0.622. The molecule has 0 bridgehead atoms. The van der Waals surface area contributed by atoms with Gasteiger partial charge in [-0.2, -0.15) is 8.78 Å². The fourth-order valence-electron chi connectivity index (χ4n) is 0.622. The quantitative estimate of drug-likeness (QED) is 0.705. The predicted molar refractivity (Wildman–Crippen MR) is 39.3 cm³/mol. The summed E-state index contributed by atoms with van der Waals surface area (Å²) >= 11 is 0. The normalized spacial score (nSPS) is 9.69. The Bertz CT molecular complexity index is 349. The Labute approximate surface area is 72.0 Å². The van der Waals surface area contributed by atoms with Gasteiger partial charge in [-0.1, -0.05) is 11.6 Å². The van der Waals surface area contributed by atoms with Gasteiger partial charge >= 0.3 is 12.4 Å². The van der Waals surface area contributed by atoms with Crippen LogP contribution in [0.1, 0.15) is 0 Å². The molecule has 0 unspecified atom stereocenters. The van der Waals surface area contributed by atoms with E-state index >= 15 is 0 Å². The van der Waals surface area contributed by atoms with Gasteiger partial charge < -0.3 is 15.3 Å². The topological polar surface area (TPSA) is 65.4 Å². The minimum absolute atomic E-state index is 0.0207. The van der Waals surface area contributed by atoms with Crippen LogP contribution in [0.2, 0.25) is 0 Å². The average Bonchev–Trinajstić information content (AvgIpc) is 2.07. The summed E-state index contributed by atoms with van der Waals surface area (Å²) in [6, 6.07) is 0. The van der Waals surface area contributed by atoms with Crippen LogP contribution >= 0.6 is 0 Å². The summed E-state index contributed by atoms with van der Waals surface area (Å²) in [5.74, 6) is -0.910. The Morgan fingerprint density at radius 2 is 2.31 bits per heavy atom. The van der Waals surface area contributed by atoms with Crippen molar-refractivity contribution in [3.05, 3.63) is 17.6 Å². The van der Waals surface area contributed by atoms with E-state index in [1.54, 1.807) is 0 Å². The number of halogens is 2. The first kappa shape index (κ1) is 9.12. The second-order valence-electron chi connectivity index (χ2n) is 1.91. The summed E-state index contributed by atoms with van der Waals surface area (Å²) in [7, 11) is 0. The summed E-state index contributed by atoms with van der Waals surface area (Å²) in [5.41, 5.74) is 5.17. The number of rotatable bonds is 2. The maximum atomic E-state index is 11.7. The van der Waals surface area contributed by atoms with Crippen LogP contribution in [0.25, 0.3) is 4.85 Å². The van der Waals surface area contributed by atoms with Gasteiger partial charge in [0.1, 0.15) is 0 Å². The van der Waals surface area contributed by atoms with Crippen molar-refractivity contribution in [3.8, 4) is 5.88 Å². The largest absolute Gasteiger partial charge is 0.424 e. The lowest BCUT2D eigenvalue weighted by Gasteiger charge is -2.03. The highest BCUT2D eigenvalue weighted by atomic mass is 19.3. The molecule has 0 atom stereocenters. The maximum Gasteiger partial charge on any atom is 0.387 e. The van der Waals surface area contributed by atoms with Crippen molar-refractivity contribution in [2.45, 2.75) is 6.61 Å². The molecular weight excluding hydrogens is 182 g/mol. The van der Waals surface area contributed by atoms with Gasteiger partial charge in [-0.3, -0.25) is 0 Å². The summed E-state index contributed by atoms with van der Waals surface area (Å²) in [6.45, 7) is 3.54.